The van der Waals surface area contributed by atoms with Crippen LogP contribution in [0.2, 0.25) is 0 Å². The van der Waals surface area contributed by atoms with E-state index in [4.69, 9.17) is 4.74 Å². The second kappa shape index (κ2) is 15.4. The van der Waals surface area contributed by atoms with Crippen LogP contribution in [0.3, 0.4) is 0 Å². The fourth-order valence-electron chi connectivity index (χ4n) is 4.92. The number of nitrogens with zero attached hydrogens (tertiary/aromatic N) is 1. The van der Waals surface area contributed by atoms with E-state index in [1.165, 1.54) is 0 Å². The van der Waals surface area contributed by atoms with Crippen molar-refractivity contribution in [2.24, 2.45) is 0 Å². The van der Waals surface area contributed by atoms with Crippen molar-refractivity contribution >= 4 is 23.6 Å². The van der Waals surface area contributed by atoms with E-state index in [0.717, 1.165) is 40.7 Å². The van der Waals surface area contributed by atoms with E-state index in [0.29, 0.717) is 18.7 Å². The molecule has 7 heteroatoms. The molecule has 0 aliphatic rings. The Morgan fingerprint density at radius 2 is 1.51 bits per heavy atom. The van der Waals surface area contributed by atoms with E-state index in [1.807, 2.05) is 93.6 Å². The lowest BCUT2D eigenvalue weighted by molar-refractivity contribution is -0.140. The monoisotopic (exact) mass is 585 g/mol. The number of benzene rings is 3. The van der Waals surface area contributed by atoms with Gasteiger partial charge in [0.1, 0.15) is 17.7 Å². The lowest BCUT2D eigenvalue weighted by Crippen LogP contribution is -2.53. The average Bonchev–Trinajstić information content (AvgIpc) is 2.94. The summed E-state index contributed by atoms with van der Waals surface area (Å²) >= 11 is 0. The fraction of sp³-hybridized carbons (Fsp3) is 0.417. The zero-order chi connectivity index (χ0) is 31.6. The van der Waals surface area contributed by atoms with Crippen LogP contribution < -0.4 is 10.6 Å². The second-order valence-corrected chi connectivity index (χ2v) is 12.2. The minimum atomic E-state index is -0.945. The summed E-state index contributed by atoms with van der Waals surface area (Å²) in [6, 6.07) is 21.1. The zero-order valence-corrected chi connectivity index (χ0v) is 26.7. The summed E-state index contributed by atoms with van der Waals surface area (Å²) in [4.78, 5) is 43.5. The van der Waals surface area contributed by atoms with Crippen LogP contribution in [-0.2, 0) is 20.7 Å². The third kappa shape index (κ3) is 9.98. The molecule has 3 rings (SSSR count). The Morgan fingerprint density at radius 3 is 2.14 bits per heavy atom. The molecule has 0 heterocycles. The van der Waals surface area contributed by atoms with Crippen LogP contribution in [-0.4, -0.2) is 41.0 Å². The van der Waals surface area contributed by atoms with Gasteiger partial charge in [-0.15, -0.1) is 0 Å². The first-order chi connectivity index (χ1) is 20.4. The topological polar surface area (TPSA) is 87.7 Å². The molecule has 0 bridgehead atoms. The van der Waals surface area contributed by atoms with Crippen molar-refractivity contribution in [3.63, 3.8) is 0 Å². The van der Waals surface area contributed by atoms with E-state index in [1.54, 1.807) is 25.7 Å². The van der Waals surface area contributed by atoms with Gasteiger partial charge in [0.25, 0.3) is 5.91 Å². The number of nitrogens with one attached hydrogen (secondary N) is 2. The normalized spacial score (nSPS) is 12.6. The summed E-state index contributed by atoms with van der Waals surface area (Å²) in [6.07, 6.45) is 2.14. The molecule has 0 saturated carbocycles. The SMILES string of the molecule is CCCCCN(C(=O)C(Cc1ccccc1)NC(=O)OC(C)(C)C)C(C(=O)Nc1ccccc1C)c1ccc(C)c(C)c1. The highest BCUT2D eigenvalue weighted by Crippen LogP contribution is 2.28. The standard InChI is InChI=1S/C36H47N3O4/c1-8-9-15-22-39(34(41)31(24-28-17-11-10-12-18-28)38-35(42)43-36(5,6)7)32(29-21-20-25(2)27(4)23-29)33(40)37-30-19-14-13-16-26(30)3/h10-14,16-21,23,31-32H,8-9,15,22,24H2,1-7H3,(H,37,40)(H,38,42). The average molecular weight is 586 g/mol. The summed E-state index contributed by atoms with van der Waals surface area (Å²) < 4.78 is 5.55. The van der Waals surface area contributed by atoms with Crippen LogP contribution in [0.1, 0.15) is 80.8 Å². The lowest BCUT2D eigenvalue weighted by atomic mass is 9.97. The molecule has 0 aliphatic heterocycles. The second-order valence-electron chi connectivity index (χ2n) is 12.2. The first-order valence-electron chi connectivity index (χ1n) is 15.2. The van der Waals surface area contributed by atoms with Gasteiger partial charge in [-0.25, -0.2) is 4.79 Å². The Hall–Kier alpha value is -4.13. The highest BCUT2D eigenvalue weighted by molar-refractivity contribution is 5.99. The summed E-state index contributed by atoms with van der Waals surface area (Å²) in [5.74, 6) is -0.646. The maximum absolute atomic E-state index is 14.6. The third-order valence-corrected chi connectivity index (χ3v) is 7.37. The Labute approximate surface area is 257 Å². The Kier molecular flexibility index (Phi) is 11.9. The summed E-state index contributed by atoms with van der Waals surface area (Å²) in [5.41, 5.74) is 4.61. The number of para-hydroxylation sites is 1. The molecular weight excluding hydrogens is 538 g/mol. The molecule has 2 atom stereocenters. The van der Waals surface area contributed by atoms with Gasteiger partial charge in [0.2, 0.25) is 5.91 Å². The van der Waals surface area contributed by atoms with Gasteiger partial charge in [-0.05, 0) is 81.8 Å². The number of aryl methyl sites for hydroxylation is 3. The van der Waals surface area contributed by atoms with E-state index in [9.17, 15) is 14.4 Å². The molecule has 7 nitrogen and oxygen atoms in total. The number of anilines is 1. The van der Waals surface area contributed by atoms with Crippen LogP contribution in [0.5, 0.6) is 0 Å². The maximum atomic E-state index is 14.6. The first kappa shape index (κ1) is 33.4. The van der Waals surface area contributed by atoms with Crippen molar-refractivity contribution in [3.05, 3.63) is 101 Å². The quantitative estimate of drug-likeness (QED) is 0.216. The molecule has 3 amide bonds. The molecule has 2 N–H and O–H groups in total. The van der Waals surface area contributed by atoms with Gasteiger partial charge < -0.3 is 20.3 Å². The third-order valence-electron chi connectivity index (χ3n) is 7.37. The number of amides is 3. The van der Waals surface area contributed by atoms with Gasteiger partial charge >= 0.3 is 6.09 Å². The molecule has 230 valence electrons. The fourth-order valence-corrected chi connectivity index (χ4v) is 4.92. The minimum Gasteiger partial charge on any atom is -0.444 e. The first-order valence-corrected chi connectivity index (χ1v) is 15.2. The lowest BCUT2D eigenvalue weighted by Gasteiger charge is -2.35. The molecule has 0 radical (unpaired) electrons. The van der Waals surface area contributed by atoms with E-state index >= 15 is 0 Å². The van der Waals surface area contributed by atoms with Gasteiger partial charge in [0.15, 0.2) is 0 Å². The van der Waals surface area contributed by atoms with Crippen LogP contribution in [0.25, 0.3) is 0 Å². The number of alkyl carbamates (subject to hydrolysis) is 1. The molecular formula is C36H47N3O4. The number of rotatable bonds is 12. The van der Waals surface area contributed by atoms with Crippen LogP contribution >= 0.6 is 0 Å². The number of hydrogen-bond donors (Lipinski definition) is 2. The largest absolute Gasteiger partial charge is 0.444 e. The van der Waals surface area contributed by atoms with Crippen molar-refractivity contribution in [2.45, 2.75) is 91.8 Å². The van der Waals surface area contributed by atoms with Crippen molar-refractivity contribution < 1.29 is 19.1 Å². The smallest absolute Gasteiger partial charge is 0.408 e. The molecule has 0 spiro atoms. The van der Waals surface area contributed by atoms with Gasteiger partial charge in [0.05, 0.1) is 0 Å². The molecule has 3 aromatic rings. The van der Waals surface area contributed by atoms with Gasteiger partial charge in [-0.3, -0.25) is 9.59 Å². The zero-order valence-electron chi connectivity index (χ0n) is 26.7. The van der Waals surface area contributed by atoms with E-state index < -0.39 is 23.8 Å². The molecule has 3 aromatic carbocycles. The minimum absolute atomic E-state index is 0.252. The Morgan fingerprint density at radius 1 is 0.837 bits per heavy atom. The highest BCUT2D eigenvalue weighted by atomic mass is 16.6. The number of unbranched alkanes of at least 4 members (excludes halogenated alkanes) is 2. The number of carbonyl (C=O) groups is 3. The van der Waals surface area contributed by atoms with Crippen molar-refractivity contribution in [1.29, 1.82) is 0 Å². The summed E-state index contributed by atoms with van der Waals surface area (Å²) in [7, 11) is 0. The number of ether oxygens (including phenoxy) is 1. The Balaban J connectivity index is 2.09. The molecule has 43 heavy (non-hydrogen) atoms. The summed E-state index contributed by atoms with van der Waals surface area (Å²) in [5, 5.41) is 5.92. The predicted octanol–water partition coefficient (Wildman–Crippen LogP) is 7.45. The van der Waals surface area contributed by atoms with Crippen molar-refractivity contribution in [3.8, 4) is 0 Å². The van der Waals surface area contributed by atoms with Crippen LogP contribution in [0, 0.1) is 20.8 Å². The summed E-state index contributed by atoms with van der Waals surface area (Å²) in [6.45, 7) is 13.8. The Bertz CT molecular complexity index is 1380. The van der Waals surface area contributed by atoms with Crippen LogP contribution in [0.15, 0.2) is 72.8 Å². The predicted molar refractivity (Wildman–Crippen MR) is 173 cm³/mol. The van der Waals surface area contributed by atoms with E-state index in [2.05, 4.69) is 17.6 Å². The molecule has 0 fully saturated rings. The molecule has 0 aromatic heterocycles. The highest BCUT2D eigenvalue weighted by Gasteiger charge is 2.36. The van der Waals surface area contributed by atoms with Gasteiger partial charge in [-0.1, -0.05) is 86.5 Å². The molecule has 0 saturated heterocycles. The molecule has 2 unspecified atom stereocenters. The van der Waals surface area contributed by atoms with E-state index in [-0.39, 0.29) is 18.2 Å². The van der Waals surface area contributed by atoms with Crippen LogP contribution in [0.4, 0.5) is 10.5 Å². The molecule has 0 aliphatic carbocycles. The van der Waals surface area contributed by atoms with Gasteiger partial charge in [-0.2, -0.15) is 0 Å². The number of carbonyl (C=O) groups excluding carboxylic acids is 3. The van der Waals surface area contributed by atoms with Crippen molar-refractivity contribution in [1.82, 2.24) is 10.2 Å². The maximum Gasteiger partial charge on any atom is 0.408 e. The van der Waals surface area contributed by atoms with Crippen molar-refractivity contribution in [2.75, 3.05) is 11.9 Å². The van der Waals surface area contributed by atoms with Gasteiger partial charge in [0, 0.05) is 18.7 Å². The number of hydrogen-bond acceptors (Lipinski definition) is 4.